The molecular weight excluding hydrogens is 276 g/mol. The highest BCUT2D eigenvalue weighted by Crippen LogP contribution is 2.30. The third-order valence-electron chi connectivity index (χ3n) is 3.53. The molecule has 0 bridgehead atoms. The van der Waals surface area contributed by atoms with Gasteiger partial charge in [-0.1, -0.05) is 43.1 Å². The third kappa shape index (κ3) is 3.00. The summed E-state index contributed by atoms with van der Waals surface area (Å²) in [7, 11) is 0. The zero-order valence-electron chi connectivity index (χ0n) is 11.5. The summed E-state index contributed by atoms with van der Waals surface area (Å²) in [5, 5.41) is 16.8. The smallest absolute Gasteiger partial charge is 0.237 e. The molecule has 1 aliphatic carbocycles. The van der Waals surface area contributed by atoms with Gasteiger partial charge in [0.25, 0.3) is 0 Å². The van der Waals surface area contributed by atoms with Gasteiger partial charge in [-0.2, -0.15) is 4.98 Å². The Morgan fingerprint density at radius 3 is 2.90 bits per heavy atom. The van der Waals surface area contributed by atoms with E-state index < -0.39 is 0 Å². The van der Waals surface area contributed by atoms with Crippen molar-refractivity contribution in [3.8, 4) is 0 Å². The lowest BCUT2D eigenvalue weighted by molar-refractivity contribution is 0.307. The van der Waals surface area contributed by atoms with Crippen molar-refractivity contribution in [2.24, 2.45) is 0 Å². The first-order valence-corrected chi connectivity index (χ1v) is 8.07. The van der Waals surface area contributed by atoms with E-state index in [1.165, 1.54) is 32.1 Å². The molecule has 0 atom stereocenters. The van der Waals surface area contributed by atoms with Crippen LogP contribution in [0.1, 0.15) is 56.8 Å². The van der Waals surface area contributed by atoms with Crippen LogP contribution in [-0.4, -0.2) is 30.3 Å². The summed E-state index contributed by atoms with van der Waals surface area (Å²) in [6.07, 6.45) is 6.96. The first-order valence-electron chi connectivity index (χ1n) is 7.09. The highest BCUT2D eigenvalue weighted by molar-refractivity contribution is 7.98. The van der Waals surface area contributed by atoms with Crippen molar-refractivity contribution in [1.29, 1.82) is 0 Å². The second-order valence-electron chi connectivity index (χ2n) is 4.94. The van der Waals surface area contributed by atoms with Crippen LogP contribution >= 0.6 is 11.8 Å². The quantitative estimate of drug-likeness (QED) is 0.783. The Labute approximate surface area is 121 Å². The molecule has 0 aliphatic heterocycles. The zero-order valence-corrected chi connectivity index (χ0v) is 12.3. The first-order chi connectivity index (χ1) is 9.86. The molecule has 0 radical (unpaired) electrons. The lowest BCUT2D eigenvalue weighted by Crippen LogP contribution is -2.15. The van der Waals surface area contributed by atoms with Crippen LogP contribution in [0.5, 0.6) is 0 Å². The van der Waals surface area contributed by atoms with E-state index in [-0.39, 0.29) is 0 Å². The Morgan fingerprint density at radius 1 is 1.30 bits per heavy atom. The number of aryl methyl sites for hydroxylation is 1. The van der Waals surface area contributed by atoms with Crippen LogP contribution in [-0.2, 0) is 12.2 Å². The van der Waals surface area contributed by atoms with Crippen molar-refractivity contribution in [3.63, 3.8) is 0 Å². The van der Waals surface area contributed by atoms with Crippen LogP contribution in [0.3, 0.4) is 0 Å². The van der Waals surface area contributed by atoms with E-state index in [1.54, 1.807) is 11.8 Å². The highest BCUT2D eigenvalue weighted by atomic mass is 32.2. The molecule has 0 aromatic carbocycles. The highest BCUT2D eigenvalue weighted by Gasteiger charge is 2.20. The van der Waals surface area contributed by atoms with Crippen LogP contribution < -0.4 is 0 Å². The Balaban J connectivity index is 1.64. The molecule has 0 saturated heterocycles. The molecule has 108 valence electrons. The van der Waals surface area contributed by atoms with E-state index in [9.17, 15) is 0 Å². The summed E-state index contributed by atoms with van der Waals surface area (Å²) in [5.74, 6) is 1.98. The van der Waals surface area contributed by atoms with Gasteiger partial charge >= 0.3 is 0 Å². The van der Waals surface area contributed by atoms with Crippen LogP contribution in [0.15, 0.2) is 9.68 Å². The Bertz CT molecular complexity index is 548. The summed E-state index contributed by atoms with van der Waals surface area (Å²) in [4.78, 5) is 4.29. The van der Waals surface area contributed by atoms with Crippen molar-refractivity contribution in [2.75, 3.05) is 0 Å². The molecule has 0 unspecified atom stereocenters. The standard InChI is InChI=1S/C12H18N6OS/c1-2-10-13-11(19-15-10)8-20-12-14-16-17-18(12)9-6-4-3-5-7-9/h9H,2-8H2,1H3. The fourth-order valence-electron chi connectivity index (χ4n) is 2.45. The van der Waals surface area contributed by atoms with E-state index in [0.29, 0.717) is 17.7 Å². The lowest BCUT2D eigenvalue weighted by atomic mass is 9.96. The van der Waals surface area contributed by atoms with Gasteiger partial charge < -0.3 is 4.52 Å². The van der Waals surface area contributed by atoms with E-state index >= 15 is 0 Å². The monoisotopic (exact) mass is 294 g/mol. The number of thioether (sulfide) groups is 1. The van der Waals surface area contributed by atoms with Gasteiger partial charge in [0.05, 0.1) is 11.8 Å². The van der Waals surface area contributed by atoms with Gasteiger partial charge in [0.1, 0.15) is 0 Å². The van der Waals surface area contributed by atoms with Crippen LogP contribution in [0.2, 0.25) is 0 Å². The molecule has 3 rings (SSSR count). The maximum atomic E-state index is 5.18. The number of hydrogen-bond acceptors (Lipinski definition) is 7. The molecule has 1 aliphatic rings. The van der Waals surface area contributed by atoms with Gasteiger partial charge in [0, 0.05) is 6.42 Å². The molecule has 0 amide bonds. The zero-order chi connectivity index (χ0) is 13.8. The predicted molar refractivity (Wildman–Crippen MR) is 73.2 cm³/mol. The van der Waals surface area contributed by atoms with Crippen molar-refractivity contribution >= 4 is 11.8 Å². The predicted octanol–water partition coefficient (Wildman–Crippen LogP) is 2.42. The summed E-state index contributed by atoms with van der Waals surface area (Å²) in [6, 6.07) is 0.440. The van der Waals surface area contributed by atoms with E-state index in [4.69, 9.17) is 4.52 Å². The van der Waals surface area contributed by atoms with Gasteiger partial charge in [-0.3, -0.25) is 0 Å². The molecule has 7 nitrogen and oxygen atoms in total. The number of hydrogen-bond donors (Lipinski definition) is 0. The Morgan fingerprint density at radius 2 is 2.15 bits per heavy atom. The van der Waals surface area contributed by atoms with E-state index in [0.717, 1.165) is 17.4 Å². The molecule has 1 fully saturated rings. The summed E-state index contributed by atoms with van der Waals surface area (Å²) in [5.41, 5.74) is 0. The minimum Gasteiger partial charge on any atom is -0.338 e. The van der Waals surface area contributed by atoms with Crippen LogP contribution in [0, 0.1) is 0 Å². The molecule has 1 saturated carbocycles. The SMILES string of the molecule is CCc1noc(CSc2nnnn2C2CCCCC2)n1. The van der Waals surface area contributed by atoms with Crippen LogP contribution in [0.4, 0.5) is 0 Å². The van der Waals surface area contributed by atoms with Gasteiger partial charge in [0.2, 0.25) is 11.0 Å². The molecule has 0 N–H and O–H groups in total. The normalized spacial score (nSPS) is 16.6. The molecule has 8 heteroatoms. The van der Waals surface area contributed by atoms with E-state index in [1.807, 2.05) is 11.6 Å². The fraction of sp³-hybridized carbons (Fsp3) is 0.750. The molecular formula is C12H18N6OS. The van der Waals surface area contributed by atoms with Gasteiger partial charge in [-0.15, -0.1) is 5.10 Å². The number of tetrazole rings is 1. The Hall–Kier alpha value is -1.44. The van der Waals surface area contributed by atoms with Crippen molar-refractivity contribution in [3.05, 3.63) is 11.7 Å². The third-order valence-corrected chi connectivity index (χ3v) is 4.45. The maximum absolute atomic E-state index is 5.18. The average Bonchev–Trinajstić information content (AvgIpc) is 3.15. The van der Waals surface area contributed by atoms with Gasteiger partial charge in [-0.25, -0.2) is 4.68 Å². The van der Waals surface area contributed by atoms with Gasteiger partial charge in [0.15, 0.2) is 5.82 Å². The molecule has 20 heavy (non-hydrogen) atoms. The van der Waals surface area contributed by atoms with Crippen LogP contribution in [0.25, 0.3) is 0 Å². The second-order valence-corrected chi connectivity index (χ2v) is 5.89. The van der Waals surface area contributed by atoms with Gasteiger partial charge in [-0.05, 0) is 23.3 Å². The summed E-state index contributed by atoms with van der Waals surface area (Å²) >= 11 is 1.55. The maximum Gasteiger partial charge on any atom is 0.237 e. The van der Waals surface area contributed by atoms with Crippen molar-refractivity contribution in [2.45, 2.75) is 62.4 Å². The fourth-order valence-corrected chi connectivity index (χ4v) is 3.24. The van der Waals surface area contributed by atoms with Crippen molar-refractivity contribution in [1.82, 2.24) is 30.3 Å². The van der Waals surface area contributed by atoms with E-state index in [2.05, 4.69) is 25.7 Å². The largest absolute Gasteiger partial charge is 0.338 e. The first kappa shape index (κ1) is 13.5. The number of nitrogens with zero attached hydrogens (tertiary/aromatic N) is 6. The number of aromatic nitrogens is 6. The second kappa shape index (κ2) is 6.34. The lowest BCUT2D eigenvalue weighted by Gasteiger charge is -2.21. The Kier molecular flexibility index (Phi) is 4.29. The number of rotatable bonds is 5. The molecule has 2 heterocycles. The minimum absolute atomic E-state index is 0.440. The summed E-state index contributed by atoms with van der Waals surface area (Å²) in [6.45, 7) is 2.01. The minimum atomic E-state index is 0.440. The molecule has 2 aromatic rings. The average molecular weight is 294 g/mol. The summed E-state index contributed by atoms with van der Waals surface area (Å²) < 4.78 is 7.14. The topological polar surface area (TPSA) is 82.5 Å². The molecule has 2 aromatic heterocycles. The van der Waals surface area contributed by atoms with Crippen molar-refractivity contribution < 1.29 is 4.52 Å². The molecule has 0 spiro atoms.